The molecule has 1 aromatic rings. The fraction of sp³-hybridized carbons (Fsp3) is 0.833. The fourth-order valence-electron chi connectivity index (χ4n) is 2.43. The number of hydrogen-bond acceptors (Lipinski definition) is 4. The van der Waals surface area contributed by atoms with Crippen LogP contribution in [0.4, 0.5) is 0 Å². The summed E-state index contributed by atoms with van der Waals surface area (Å²) >= 11 is 0. The maximum atomic E-state index is 5.47. The summed E-state index contributed by atoms with van der Waals surface area (Å²) in [6.45, 7) is 9.70. The summed E-state index contributed by atoms with van der Waals surface area (Å²) < 4.78 is 7.47. The van der Waals surface area contributed by atoms with Gasteiger partial charge in [-0.3, -0.25) is 0 Å². The first kappa shape index (κ1) is 12.5. The van der Waals surface area contributed by atoms with E-state index in [0.29, 0.717) is 12.0 Å². The second kappa shape index (κ2) is 5.60. The third-order valence-electron chi connectivity index (χ3n) is 3.33. The van der Waals surface area contributed by atoms with Crippen molar-refractivity contribution in [3.63, 3.8) is 0 Å². The van der Waals surface area contributed by atoms with Gasteiger partial charge in [-0.2, -0.15) is 5.10 Å². The van der Waals surface area contributed by atoms with Gasteiger partial charge in [0, 0.05) is 18.6 Å². The number of ether oxygens (including phenoxy) is 1. The van der Waals surface area contributed by atoms with E-state index in [1.807, 2.05) is 18.5 Å². The van der Waals surface area contributed by atoms with Gasteiger partial charge in [-0.05, 0) is 26.8 Å². The number of likely N-dealkylation sites (N-methyl/N-ethyl adjacent to an activating group) is 1. The molecular formula is C12H22N4O. The summed E-state index contributed by atoms with van der Waals surface area (Å²) in [5.41, 5.74) is 0. The first-order valence-corrected chi connectivity index (χ1v) is 6.40. The Kier molecular flexibility index (Phi) is 4.12. The van der Waals surface area contributed by atoms with Gasteiger partial charge in [0.15, 0.2) is 0 Å². The number of aromatic nitrogens is 3. The first-order chi connectivity index (χ1) is 8.20. The summed E-state index contributed by atoms with van der Waals surface area (Å²) in [5, 5.41) is 7.97. The van der Waals surface area contributed by atoms with Gasteiger partial charge >= 0.3 is 0 Å². The summed E-state index contributed by atoms with van der Waals surface area (Å²) in [4.78, 5) is 4.34. The maximum Gasteiger partial charge on any atom is 0.147 e. The molecule has 2 rings (SSSR count). The Bertz CT molecular complexity index is 357. The molecule has 0 spiro atoms. The van der Waals surface area contributed by atoms with Crippen LogP contribution in [0.25, 0.3) is 0 Å². The topological polar surface area (TPSA) is 52.0 Å². The lowest BCUT2D eigenvalue weighted by Crippen LogP contribution is -2.40. The van der Waals surface area contributed by atoms with Gasteiger partial charge in [0.2, 0.25) is 0 Å². The van der Waals surface area contributed by atoms with Crippen molar-refractivity contribution in [2.75, 3.05) is 19.8 Å². The predicted molar refractivity (Wildman–Crippen MR) is 65.9 cm³/mol. The zero-order chi connectivity index (χ0) is 12.3. The highest BCUT2D eigenvalue weighted by atomic mass is 16.5. The van der Waals surface area contributed by atoms with Gasteiger partial charge in [-0.1, -0.05) is 6.92 Å². The molecule has 1 saturated heterocycles. The second-order valence-electron chi connectivity index (χ2n) is 4.68. The highest BCUT2D eigenvalue weighted by molar-refractivity contribution is 4.90. The molecule has 2 atom stereocenters. The van der Waals surface area contributed by atoms with Crippen molar-refractivity contribution < 1.29 is 4.74 Å². The molecule has 17 heavy (non-hydrogen) atoms. The number of nitrogens with zero attached hydrogens (tertiary/aromatic N) is 3. The Balaban J connectivity index is 2.03. The van der Waals surface area contributed by atoms with Crippen molar-refractivity contribution >= 4 is 0 Å². The van der Waals surface area contributed by atoms with Crippen LogP contribution in [0.2, 0.25) is 0 Å². The van der Waals surface area contributed by atoms with E-state index < -0.39 is 0 Å². The standard InChI is InChI=1S/C12H22N4O/c1-4-13-12(11-5-6-17-8-11)7-16-10(3)14-9(2)15-16/h11-13H,4-8H2,1-3H3. The Labute approximate surface area is 103 Å². The van der Waals surface area contributed by atoms with E-state index in [-0.39, 0.29) is 0 Å². The predicted octanol–water partition coefficient (Wildman–Crippen LogP) is 0.910. The Morgan fingerprint density at radius 2 is 2.35 bits per heavy atom. The summed E-state index contributed by atoms with van der Waals surface area (Å²) in [6, 6.07) is 0.433. The molecule has 96 valence electrons. The van der Waals surface area contributed by atoms with Crippen molar-refractivity contribution in [1.82, 2.24) is 20.1 Å². The highest BCUT2D eigenvalue weighted by Crippen LogP contribution is 2.18. The van der Waals surface area contributed by atoms with Crippen molar-refractivity contribution in [2.24, 2.45) is 5.92 Å². The van der Waals surface area contributed by atoms with Crippen LogP contribution in [0.5, 0.6) is 0 Å². The minimum atomic E-state index is 0.433. The zero-order valence-corrected chi connectivity index (χ0v) is 10.9. The van der Waals surface area contributed by atoms with E-state index in [9.17, 15) is 0 Å². The molecule has 1 aliphatic rings. The average Bonchev–Trinajstić information content (AvgIpc) is 2.88. The van der Waals surface area contributed by atoms with Crippen LogP contribution in [0.1, 0.15) is 25.0 Å². The lowest BCUT2D eigenvalue weighted by atomic mass is 9.99. The lowest BCUT2D eigenvalue weighted by Gasteiger charge is -2.23. The molecule has 2 heterocycles. The van der Waals surface area contributed by atoms with Gasteiger partial charge in [0.05, 0.1) is 13.2 Å². The largest absolute Gasteiger partial charge is 0.381 e. The summed E-state index contributed by atoms with van der Waals surface area (Å²) in [5.74, 6) is 2.43. The molecule has 2 unspecified atom stereocenters. The zero-order valence-electron chi connectivity index (χ0n) is 10.9. The third kappa shape index (κ3) is 3.04. The van der Waals surface area contributed by atoms with Gasteiger partial charge in [0.25, 0.3) is 0 Å². The van der Waals surface area contributed by atoms with Crippen LogP contribution in [0.3, 0.4) is 0 Å². The van der Waals surface area contributed by atoms with Crippen molar-refractivity contribution in [3.05, 3.63) is 11.6 Å². The minimum Gasteiger partial charge on any atom is -0.381 e. The molecule has 5 heteroatoms. The smallest absolute Gasteiger partial charge is 0.147 e. The molecule has 5 nitrogen and oxygen atoms in total. The van der Waals surface area contributed by atoms with E-state index in [2.05, 4.69) is 22.3 Å². The van der Waals surface area contributed by atoms with Gasteiger partial charge < -0.3 is 10.1 Å². The van der Waals surface area contributed by atoms with Gasteiger partial charge in [0.1, 0.15) is 11.6 Å². The molecule has 0 aromatic carbocycles. The molecule has 0 aliphatic carbocycles. The average molecular weight is 238 g/mol. The van der Waals surface area contributed by atoms with Crippen LogP contribution in [-0.2, 0) is 11.3 Å². The Hall–Kier alpha value is -0.940. The minimum absolute atomic E-state index is 0.433. The molecular weight excluding hydrogens is 216 g/mol. The van der Waals surface area contributed by atoms with Crippen molar-refractivity contribution in [2.45, 2.75) is 39.8 Å². The van der Waals surface area contributed by atoms with Crippen LogP contribution < -0.4 is 5.32 Å². The molecule has 1 aromatic heterocycles. The number of rotatable bonds is 5. The normalized spacial score (nSPS) is 21.9. The quantitative estimate of drug-likeness (QED) is 0.828. The van der Waals surface area contributed by atoms with Crippen LogP contribution >= 0.6 is 0 Å². The summed E-state index contributed by atoms with van der Waals surface area (Å²) in [6.07, 6.45) is 1.14. The van der Waals surface area contributed by atoms with E-state index in [4.69, 9.17) is 4.74 Å². The molecule has 1 N–H and O–H groups in total. The summed E-state index contributed by atoms with van der Waals surface area (Å²) in [7, 11) is 0. The van der Waals surface area contributed by atoms with Gasteiger partial charge in [-0.15, -0.1) is 0 Å². The van der Waals surface area contributed by atoms with Crippen molar-refractivity contribution in [1.29, 1.82) is 0 Å². The fourth-order valence-corrected chi connectivity index (χ4v) is 2.43. The number of nitrogens with one attached hydrogen (secondary N) is 1. The molecule has 1 fully saturated rings. The molecule has 0 amide bonds. The first-order valence-electron chi connectivity index (χ1n) is 6.40. The van der Waals surface area contributed by atoms with Crippen LogP contribution in [0.15, 0.2) is 0 Å². The third-order valence-corrected chi connectivity index (χ3v) is 3.33. The molecule has 1 aliphatic heterocycles. The van der Waals surface area contributed by atoms with Gasteiger partial charge in [-0.25, -0.2) is 9.67 Å². The number of hydrogen-bond donors (Lipinski definition) is 1. The monoisotopic (exact) mass is 238 g/mol. The molecule has 0 radical (unpaired) electrons. The highest BCUT2D eigenvalue weighted by Gasteiger charge is 2.26. The van der Waals surface area contributed by atoms with E-state index >= 15 is 0 Å². The van der Waals surface area contributed by atoms with Crippen LogP contribution in [-0.4, -0.2) is 40.6 Å². The Morgan fingerprint density at radius 3 is 2.88 bits per heavy atom. The molecule has 0 bridgehead atoms. The second-order valence-corrected chi connectivity index (χ2v) is 4.68. The van der Waals surface area contributed by atoms with E-state index in [1.54, 1.807) is 0 Å². The van der Waals surface area contributed by atoms with Crippen molar-refractivity contribution in [3.8, 4) is 0 Å². The SMILES string of the molecule is CCNC(Cn1nc(C)nc1C)C1CCOC1. The lowest BCUT2D eigenvalue weighted by molar-refractivity contribution is 0.173. The molecule has 0 saturated carbocycles. The van der Waals surface area contributed by atoms with E-state index in [1.165, 1.54) is 0 Å². The maximum absolute atomic E-state index is 5.47. The van der Waals surface area contributed by atoms with Crippen LogP contribution in [0, 0.1) is 19.8 Å². The number of aryl methyl sites for hydroxylation is 2. The van der Waals surface area contributed by atoms with E-state index in [0.717, 1.165) is 44.4 Å². The Morgan fingerprint density at radius 1 is 1.53 bits per heavy atom.